The van der Waals surface area contributed by atoms with E-state index in [-0.39, 0.29) is 11.5 Å². The number of halogens is 1. The lowest BCUT2D eigenvalue weighted by Crippen LogP contribution is -2.22. The molecule has 1 heterocycles. The number of carbonyl (C=O) groups is 2. The van der Waals surface area contributed by atoms with Crippen molar-refractivity contribution < 1.29 is 14.0 Å². The molecule has 6 nitrogen and oxygen atoms in total. The van der Waals surface area contributed by atoms with Crippen molar-refractivity contribution >= 4 is 45.7 Å². The van der Waals surface area contributed by atoms with E-state index in [0.717, 1.165) is 11.1 Å². The Bertz CT molecular complexity index is 1210. The maximum atomic E-state index is 13.0. The number of rotatable bonds is 5. The summed E-state index contributed by atoms with van der Waals surface area (Å²) in [7, 11) is 0. The van der Waals surface area contributed by atoms with Gasteiger partial charge < -0.3 is 5.32 Å². The Morgan fingerprint density at radius 2 is 1.87 bits per heavy atom. The van der Waals surface area contributed by atoms with Crippen LogP contribution in [0, 0.1) is 31.0 Å². The fraction of sp³-hybridized carbons (Fsp3) is 0.130. The molecular weight excluding hydrogens is 415 g/mol. The topological polar surface area (TPSA) is 86.1 Å². The van der Waals surface area contributed by atoms with Crippen molar-refractivity contribution in [3.05, 3.63) is 76.1 Å². The van der Waals surface area contributed by atoms with Crippen LogP contribution in [0.4, 0.5) is 20.9 Å². The third kappa shape index (κ3) is 5.21. The van der Waals surface area contributed by atoms with Crippen LogP contribution in [0.1, 0.15) is 23.7 Å². The number of benzene rings is 2. The SMILES string of the molecule is CC(=O)N(c1ccc(C)c(C)c1)c1nc(/C=C(\C#N)C(=O)Nc2ccc(F)cc2)cs1. The van der Waals surface area contributed by atoms with Gasteiger partial charge in [0, 0.05) is 18.0 Å². The van der Waals surface area contributed by atoms with Crippen LogP contribution < -0.4 is 10.2 Å². The van der Waals surface area contributed by atoms with E-state index in [4.69, 9.17) is 0 Å². The predicted molar refractivity (Wildman–Crippen MR) is 119 cm³/mol. The number of hydrogen-bond acceptors (Lipinski definition) is 5. The third-order valence-electron chi connectivity index (χ3n) is 4.52. The maximum Gasteiger partial charge on any atom is 0.266 e. The smallest absolute Gasteiger partial charge is 0.266 e. The van der Waals surface area contributed by atoms with E-state index in [1.807, 2.05) is 38.1 Å². The van der Waals surface area contributed by atoms with Gasteiger partial charge in [-0.25, -0.2) is 9.37 Å². The molecule has 156 valence electrons. The van der Waals surface area contributed by atoms with Crippen LogP contribution in [-0.2, 0) is 9.59 Å². The second-order valence-corrected chi connectivity index (χ2v) is 7.65. The van der Waals surface area contributed by atoms with Crippen LogP contribution in [0.3, 0.4) is 0 Å². The lowest BCUT2D eigenvalue weighted by molar-refractivity contribution is -0.116. The Kier molecular flexibility index (Phi) is 6.58. The summed E-state index contributed by atoms with van der Waals surface area (Å²) in [4.78, 5) is 30.6. The molecule has 0 spiro atoms. The molecular formula is C23H19FN4O2S. The van der Waals surface area contributed by atoms with Gasteiger partial charge in [0.25, 0.3) is 5.91 Å². The van der Waals surface area contributed by atoms with Crippen LogP contribution >= 0.6 is 11.3 Å². The number of hydrogen-bond donors (Lipinski definition) is 1. The largest absolute Gasteiger partial charge is 0.321 e. The summed E-state index contributed by atoms with van der Waals surface area (Å²) in [5.41, 5.74) is 3.42. The van der Waals surface area contributed by atoms with E-state index in [1.165, 1.54) is 53.5 Å². The molecule has 0 unspecified atom stereocenters. The number of aromatic nitrogens is 1. The van der Waals surface area contributed by atoms with Gasteiger partial charge in [0.15, 0.2) is 5.13 Å². The number of thiazole rings is 1. The molecule has 0 saturated heterocycles. The minimum Gasteiger partial charge on any atom is -0.321 e. The highest BCUT2D eigenvalue weighted by atomic mass is 32.1. The average molecular weight is 434 g/mol. The van der Waals surface area contributed by atoms with Gasteiger partial charge in [-0.1, -0.05) is 6.07 Å². The number of amides is 2. The lowest BCUT2D eigenvalue weighted by Gasteiger charge is -2.19. The monoisotopic (exact) mass is 434 g/mol. The van der Waals surface area contributed by atoms with Gasteiger partial charge in [-0.3, -0.25) is 14.5 Å². The first-order chi connectivity index (χ1) is 14.8. The van der Waals surface area contributed by atoms with Crippen LogP contribution in [0.25, 0.3) is 6.08 Å². The fourth-order valence-corrected chi connectivity index (χ4v) is 3.61. The molecule has 0 fully saturated rings. The highest BCUT2D eigenvalue weighted by Gasteiger charge is 2.19. The number of anilines is 3. The van der Waals surface area contributed by atoms with Crippen molar-refractivity contribution in [2.75, 3.05) is 10.2 Å². The van der Waals surface area contributed by atoms with Gasteiger partial charge in [-0.2, -0.15) is 5.26 Å². The predicted octanol–water partition coefficient (Wildman–Crippen LogP) is 5.13. The summed E-state index contributed by atoms with van der Waals surface area (Å²) in [5, 5.41) is 14.0. The highest BCUT2D eigenvalue weighted by Crippen LogP contribution is 2.30. The Hall–Kier alpha value is -3.83. The van der Waals surface area contributed by atoms with Crippen LogP contribution in [-0.4, -0.2) is 16.8 Å². The molecule has 2 aromatic carbocycles. The summed E-state index contributed by atoms with van der Waals surface area (Å²) >= 11 is 1.23. The van der Waals surface area contributed by atoms with Crippen molar-refractivity contribution in [1.82, 2.24) is 4.98 Å². The zero-order valence-electron chi connectivity index (χ0n) is 17.1. The normalized spacial score (nSPS) is 11.0. The van der Waals surface area contributed by atoms with E-state index < -0.39 is 11.7 Å². The van der Waals surface area contributed by atoms with Gasteiger partial charge in [-0.15, -0.1) is 11.3 Å². The highest BCUT2D eigenvalue weighted by molar-refractivity contribution is 7.14. The molecule has 3 aromatic rings. The van der Waals surface area contributed by atoms with E-state index in [2.05, 4.69) is 10.3 Å². The average Bonchev–Trinajstić information content (AvgIpc) is 3.18. The van der Waals surface area contributed by atoms with E-state index in [1.54, 1.807) is 5.38 Å². The van der Waals surface area contributed by atoms with Crippen molar-refractivity contribution in [3.63, 3.8) is 0 Å². The molecule has 2 amide bonds. The van der Waals surface area contributed by atoms with Crippen molar-refractivity contribution in [1.29, 1.82) is 5.26 Å². The molecule has 0 aliphatic rings. The van der Waals surface area contributed by atoms with Crippen molar-refractivity contribution in [3.8, 4) is 6.07 Å². The van der Waals surface area contributed by atoms with E-state index in [0.29, 0.717) is 22.2 Å². The molecule has 0 saturated carbocycles. The van der Waals surface area contributed by atoms with Gasteiger partial charge in [0.05, 0.1) is 11.4 Å². The third-order valence-corrected chi connectivity index (χ3v) is 5.37. The zero-order chi connectivity index (χ0) is 22.5. The first kappa shape index (κ1) is 21.9. The Balaban J connectivity index is 1.86. The first-order valence-corrected chi connectivity index (χ1v) is 10.2. The summed E-state index contributed by atoms with van der Waals surface area (Å²) in [5.74, 6) is -1.27. The molecule has 31 heavy (non-hydrogen) atoms. The second-order valence-electron chi connectivity index (χ2n) is 6.81. The van der Waals surface area contributed by atoms with Gasteiger partial charge in [0.2, 0.25) is 5.91 Å². The zero-order valence-corrected chi connectivity index (χ0v) is 18.0. The lowest BCUT2D eigenvalue weighted by atomic mass is 10.1. The molecule has 0 aliphatic heterocycles. The number of carbonyl (C=O) groups excluding carboxylic acids is 2. The van der Waals surface area contributed by atoms with Crippen molar-refractivity contribution in [2.24, 2.45) is 0 Å². The molecule has 3 rings (SSSR count). The minimum absolute atomic E-state index is 0.165. The Labute approximate surface area is 183 Å². The first-order valence-electron chi connectivity index (χ1n) is 9.30. The van der Waals surface area contributed by atoms with Gasteiger partial charge in [0.1, 0.15) is 17.5 Å². The maximum absolute atomic E-state index is 13.0. The quantitative estimate of drug-likeness (QED) is 0.446. The molecule has 1 aromatic heterocycles. The molecule has 0 radical (unpaired) electrons. The fourth-order valence-electron chi connectivity index (χ4n) is 2.76. The van der Waals surface area contributed by atoms with Crippen molar-refractivity contribution in [2.45, 2.75) is 20.8 Å². The molecule has 0 atom stereocenters. The molecule has 0 bridgehead atoms. The molecule has 1 N–H and O–H groups in total. The molecule has 8 heteroatoms. The van der Waals surface area contributed by atoms with Crippen LogP contribution in [0.2, 0.25) is 0 Å². The number of nitriles is 1. The summed E-state index contributed by atoms with van der Waals surface area (Å²) in [6.07, 6.45) is 1.34. The number of nitrogens with one attached hydrogen (secondary N) is 1. The summed E-state index contributed by atoms with van der Waals surface area (Å²) < 4.78 is 13.0. The summed E-state index contributed by atoms with van der Waals surface area (Å²) in [6, 6.07) is 12.8. The molecule has 0 aliphatic carbocycles. The second kappa shape index (κ2) is 9.32. The van der Waals surface area contributed by atoms with Gasteiger partial charge >= 0.3 is 0 Å². The van der Waals surface area contributed by atoms with Crippen LogP contribution in [0.15, 0.2) is 53.4 Å². The minimum atomic E-state index is -0.638. The van der Waals surface area contributed by atoms with Crippen LogP contribution in [0.5, 0.6) is 0 Å². The Morgan fingerprint density at radius 1 is 1.16 bits per heavy atom. The number of aryl methyl sites for hydroxylation is 2. The van der Waals surface area contributed by atoms with Gasteiger partial charge in [-0.05, 0) is 67.4 Å². The summed E-state index contributed by atoms with van der Waals surface area (Å²) in [6.45, 7) is 5.40. The van der Waals surface area contributed by atoms with E-state index >= 15 is 0 Å². The van der Waals surface area contributed by atoms with E-state index in [9.17, 15) is 19.2 Å². The number of nitrogens with zero attached hydrogens (tertiary/aromatic N) is 3. The Morgan fingerprint density at radius 3 is 2.48 bits per heavy atom. The standard InChI is InChI=1S/C23H19FN4O2S/c1-14-4-9-21(10-15(14)2)28(16(3)29)23-27-20(13-31-23)11-17(12-25)22(30)26-19-7-5-18(24)6-8-19/h4-11,13H,1-3H3,(H,26,30)/b17-11+.